The molecule has 0 aliphatic carbocycles. The van der Waals surface area contributed by atoms with Crippen LogP contribution in [0.1, 0.15) is 13.3 Å². The molecule has 6 nitrogen and oxygen atoms in total. The first-order chi connectivity index (χ1) is 13.0. The van der Waals surface area contributed by atoms with Gasteiger partial charge in [0.2, 0.25) is 11.6 Å². The maximum atomic E-state index is 12.7. The maximum Gasteiger partial charge on any atom is 0.298 e. The third-order valence-corrected chi connectivity index (χ3v) is 5.45. The van der Waals surface area contributed by atoms with E-state index in [9.17, 15) is 9.90 Å². The lowest BCUT2D eigenvalue weighted by atomic mass is 10.2. The van der Waals surface area contributed by atoms with Crippen molar-refractivity contribution in [2.75, 3.05) is 5.32 Å². The number of anilines is 1. The highest BCUT2D eigenvalue weighted by molar-refractivity contribution is 8.00. The third kappa shape index (κ3) is 4.74. The van der Waals surface area contributed by atoms with Crippen LogP contribution >= 0.6 is 35.0 Å². The second kappa shape index (κ2) is 8.65. The van der Waals surface area contributed by atoms with E-state index >= 15 is 0 Å². The maximum absolute atomic E-state index is 12.7. The Bertz CT molecular complexity index is 930. The molecular weight excluding hydrogens is 409 g/mol. The van der Waals surface area contributed by atoms with E-state index in [4.69, 9.17) is 27.7 Å². The fourth-order valence-electron chi connectivity index (χ4n) is 2.38. The first-order valence-electron chi connectivity index (χ1n) is 8.06. The Morgan fingerprint density at radius 3 is 2.56 bits per heavy atom. The van der Waals surface area contributed by atoms with Crippen molar-refractivity contribution in [1.82, 2.24) is 5.27 Å². The molecule has 0 spiro atoms. The fraction of sp³-hybridized carbons (Fsp3) is 0.167. The summed E-state index contributed by atoms with van der Waals surface area (Å²) in [4.78, 5) is 12.7. The molecule has 3 rings (SSSR count). The van der Waals surface area contributed by atoms with Gasteiger partial charge < -0.3 is 14.9 Å². The van der Waals surface area contributed by atoms with E-state index in [1.165, 1.54) is 4.68 Å². The molecule has 2 aromatic carbocycles. The number of aromatic nitrogens is 2. The van der Waals surface area contributed by atoms with Crippen molar-refractivity contribution in [2.24, 2.45) is 0 Å². The second-order valence-electron chi connectivity index (χ2n) is 5.58. The molecule has 1 N–H and O–H groups in total. The van der Waals surface area contributed by atoms with E-state index in [0.29, 0.717) is 27.8 Å². The summed E-state index contributed by atoms with van der Waals surface area (Å²) in [7, 11) is 0. The van der Waals surface area contributed by atoms with Gasteiger partial charge in [-0.25, -0.2) is 0 Å². The molecule has 1 amide bonds. The Morgan fingerprint density at radius 1 is 1.26 bits per heavy atom. The number of rotatable bonds is 6. The van der Waals surface area contributed by atoms with Gasteiger partial charge in [0, 0.05) is 27.9 Å². The number of carbonyl (C=O) groups is 1. The minimum Gasteiger partial charge on any atom is -0.538 e. The molecule has 0 aliphatic heterocycles. The smallest absolute Gasteiger partial charge is 0.298 e. The fourth-order valence-corrected chi connectivity index (χ4v) is 3.88. The molecule has 1 unspecified atom stereocenters. The van der Waals surface area contributed by atoms with E-state index < -0.39 is 11.2 Å². The Labute approximate surface area is 170 Å². The first-order valence-corrected chi connectivity index (χ1v) is 9.69. The summed E-state index contributed by atoms with van der Waals surface area (Å²) in [6.07, 6.45) is 0.490. The van der Waals surface area contributed by atoms with Crippen molar-refractivity contribution in [3.05, 3.63) is 58.6 Å². The zero-order valence-corrected chi connectivity index (χ0v) is 16.5. The van der Waals surface area contributed by atoms with Crippen LogP contribution in [0.25, 0.3) is 5.69 Å². The lowest BCUT2D eigenvalue weighted by molar-refractivity contribution is -0.705. The lowest BCUT2D eigenvalue weighted by Gasteiger charge is -2.13. The summed E-state index contributed by atoms with van der Waals surface area (Å²) in [6.45, 7) is 1.85. The largest absolute Gasteiger partial charge is 0.538 e. The van der Waals surface area contributed by atoms with Crippen LogP contribution in [0.2, 0.25) is 10.0 Å². The average Bonchev–Trinajstić information content (AvgIpc) is 2.99. The van der Waals surface area contributed by atoms with E-state index in [1.54, 1.807) is 30.3 Å². The standard InChI is InChI=1S/C18H15Cl2N3O3S/c1-2-15(16(24)21-13-9-11(19)8-12(20)10-13)27-17-18(25)26-22-23(17)14-6-4-3-5-7-14/h3-10,15H,2H2,1H3,(H-,21,22,24,25). The van der Waals surface area contributed by atoms with Gasteiger partial charge in [0.05, 0.1) is 10.5 Å². The van der Waals surface area contributed by atoms with E-state index in [2.05, 4.69) is 10.6 Å². The molecule has 9 heteroatoms. The number of benzene rings is 2. The van der Waals surface area contributed by atoms with Crippen molar-refractivity contribution < 1.29 is 19.1 Å². The molecule has 1 aromatic heterocycles. The monoisotopic (exact) mass is 423 g/mol. The van der Waals surface area contributed by atoms with E-state index in [0.717, 1.165) is 11.8 Å². The first kappa shape index (κ1) is 19.5. The second-order valence-corrected chi connectivity index (χ2v) is 7.64. The van der Waals surface area contributed by atoms with Gasteiger partial charge in [-0.05, 0) is 41.1 Å². The number of thioether (sulfide) groups is 1. The van der Waals surface area contributed by atoms with Gasteiger partial charge in [0.15, 0.2) is 5.95 Å². The van der Waals surface area contributed by atoms with Crippen molar-refractivity contribution in [2.45, 2.75) is 23.6 Å². The number of halogens is 2. The summed E-state index contributed by atoms with van der Waals surface area (Å²) in [5.41, 5.74) is 1.16. The van der Waals surface area contributed by atoms with Crippen LogP contribution in [0.4, 0.5) is 5.69 Å². The van der Waals surface area contributed by atoms with Crippen LogP contribution in [-0.4, -0.2) is 16.4 Å². The summed E-state index contributed by atoms with van der Waals surface area (Å²) in [5, 5.41) is 19.2. The van der Waals surface area contributed by atoms with Gasteiger partial charge in [0.1, 0.15) is 0 Å². The van der Waals surface area contributed by atoms with Crippen LogP contribution < -0.4 is 15.1 Å². The summed E-state index contributed by atoms with van der Waals surface area (Å²) >= 11 is 13.0. The van der Waals surface area contributed by atoms with Gasteiger partial charge >= 0.3 is 0 Å². The van der Waals surface area contributed by atoms with Crippen LogP contribution in [0.15, 0.2) is 58.1 Å². The van der Waals surface area contributed by atoms with Crippen LogP contribution in [0.5, 0.6) is 5.95 Å². The number of carbonyl (C=O) groups excluding carboxylic acids is 1. The minimum absolute atomic E-state index is 0.229. The Hall–Kier alpha value is -2.22. The van der Waals surface area contributed by atoms with Gasteiger partial charge in [0.25, 0.3) is 5.03 Å². The minimum atomic E-state index is -0.596. The molecule has 1 atom stereocenters. The number of hydrogen-bond donors (Lipinski definition) is 1. The van der Waals surface area contributed by atoms with Crippen molar-refractivity contribution >= 4 is 46.6 Å². The molecule has 1 heterocycles. The Balaban J connectivity index is 1.81. The quantitative estimate of drug-likeness (QED) is 0.480. The third-order valence-electron chi connectivity index (χ3n) is 3.62. The highest BCUT2D eigenvalue weighted by Crippen LogP contribution is 2.30. The molecule has 3 aromatic rings. The van der Waals surface area contributed by atoms with Crippen molar-refractivity contribution in [3.8, 4) is 11.6 Å². The number of nitrogens with one attached hydrogen (secondary N) is 1. The summed E-state index contributed by atoms with van der Waals surface area (Å²) < 4.78 is 6.18. The van der Waals surface area contributed by atoms with Gasteiger partial charge in [-0.2, -0.15) is 0 Å². The lowest BCUT2D eigenvalue weighted by Crippen LogP contribution is -2.36. The highest BCUT2D eigenvalue weighted by atomic mass is 35.5. The molecule has 0 bridgehead atoms. The van der Waals surface area contributed by atoms with Crippen molar-refractivity contribution in [3.63, 3.8) is 0 Å². The van der Waals surface area contributed by atoms with Crippen LogP contribution in [0.3, 0.4) is 0 Å². The van der Waals surface area contributed by atoms with Crippen LogP contribution in [0, 0.1) is 0 Å². The molecule has 0 saturated carbocycles. The molecule has 0 aliphatic rings. The number of para-hydroxylation sites is 1. The van der Waals surface area contributed by atoms with Gasteiger partial charge in [-0.1, -0.05) is 48.3 Å². The molecule has 0 radical (unpaired) electrons. The molecular formula is C18H15Cl2N3O3S. The zero-order chi connectivity index (χ0) is 19.4. The average molecular weight is 424 g/mol. The molecule has 0 saturated heterocycles. The normalized spacial score (nSPS) is 12.0. The number of amides is 1. The number of hydrogen-bond acceptors (Lipinski definition) is 5. The summed E-state index contributed by atoms with van der Waals surface area (Å²) in [6, 6.07) is 13.9. The predicted molar refractivity (Wildman–Crippen MR) is 103 cm³/mol. The highest BCUT2D eigenvalue weighted by Gasteiger charge is 2.28. The van der Waals surface area contributed by atoms with Gasteiger partial charge in [-0.3, -0.25) is 4.79 Å². The topological polar surface area (TPSA) is 82.1 Å². The SMILES string of the molecule is CCC(Sc1c([O-])on[n+]1-c1ccccc1)C(=O)Nc1cc(Cl)cc(Cl)c1. The predicted octanol–water partition coefficient (Wildman–Crippen LogP) is 3.84. The van der Waals surface area contributed by atoms with Gasteiger partial charge in [-0.15, -0.1) is 0 Å². The zero-order valence-electron chi connectivity index (χ0n) is 14.2. The molecule has 27 heavy (non-hydrogen) atoms. The Kier molecular flexibility index (Phi) is 6.26. The molecule has 140 valence electrons. The van der Waals surface area contributed by atoms with E-state index in [1.807, 2.05) is 25.1 Å². The van der Waals surface area contributed by atoms with E-state index in [-0.39, 0.29) is 10.9 Å². The van der Waals surface area contributed by atoms with Crippen molar-refractivity contribution in [1.29, 1.82) is 0 Å². The summed E-state index contributed by atoms with van der Waals surface area (Å²) in [5.74, 6) is -0.873. The Morgan fingerprint density at radius 2 is 1.93 bits per heavy atom. The molecule has 0 fully saturated rings. The number of nitrogens with zero attached hydrogens (tertiary/aromatic N) is 2. The van der Waals surface area contributed by atoms with Crippen LogP contribution in [-0.2, 0) is 4.79 Å².